The molecule has 1 aliphatic carbocycles. The number of nitrogens with zero attached hydrogens (tertiary/aromatic N) is 3. The number of hydrogen-bond acceptors (Lipinski definition) is 4. The van der Waals surface area contributed by atoms with Crippen molar-refractivity contribution in [1.29, 1.82) is 0 Å². The molecule has 2 aromatic heterocycles. The van der Waals surface area contributed by atoms with E-state index in [1.807, 2.05) is 43.5 Å². The summed E-state index contributed by atoms with van der Waals surface area (Å²) in [6.45, 7) is 1.88. The molecule has 0 unspecified atom stereocenters. The fraction of sp³-hybridized carbons (Fsp3) is 0.308. The van der Waals surface area contributed by atoms with Gasteiger partial charge in [-0.3, -0.25) is 19.6 Å². The third-order valence-corrected chi connectivity index (χ3v) is 6.19. The first-order valence-corrected chi connectivity index (χ1v) is 11.3. The Bertz CT molecular complexity index is 1220. The highest BCUT2D eigenvalue weighted by Crippen LogP contribution is 2.29. The summed E-state index contributed by atoms with van der Waals surface area (Å²) in [4.78, 5) is 34.4. The smallest absolute Gasteiger partial charge is 0.272 e. The maximum atomic E-state index is 12.9. The van der Waals surface area contributed by atoms with Crippen molar-refractivity contribution >= 4 is 22.4 Å². The number of hydrogen-bond donors (Lipinski definition) is 0. The van der Waals surface area contributed by atoms with Gasteiger partial charge in [0.15, 0.2) is 5.78 Å². The molecular weight excluding hydrogens is 422 g/mol. The lowest BCUT2D eigenvalue weighted by Crippen LogP contribution is -2.30. The molecule has 32 heavy (non-hydrogen) atoms. The zero-order chi connectivity index (χ0) is 22.5. The van der Waals surface area contributed by atoms with Crippen LogP contribution in [0.4, 0.5) is 0 Å². The number of benzene rings is 1. The molecule has 4 rings (SSSR count). The summed E-state index contributed by atoms with van der Waals surface area (Å²) in [5.74, 6) is 0.0128. The van der Waals surface area contributed by atoms with Crippen molar-refractivity contribution in [2.45, 2.75) is 52.0 Å². The molecule has 6 heteroatoms. The molecule has 0 radical (unpaired) electrons. The van der Waals surface area contributed by atoms with E-state index < -0.39 is 0 Å². The first kappa shape index (κ1) is 22.2. The summed E-state index contributed by atoms with van der Waals surface area (Å²) in [5.41, 5.74) is 5.21. The second-order valence-corrected chi connectivity index (χ2v) is 8.62. The van der Waals surface area contributed by atoms with Crippen molar-refractivity contribution in [2.24, 2.45) is 0 Å². The minimum atomic E-state index is -0.164. The molecule has 2 heterocycles. The molecule has 1 aromatic carbocycles. The van der Waals surface area contributed by atoms with Crippen molar-refractivity contribution in [3.05, 3.63) is 99.0 Å². The van der Waals surface area contributed by atoms with Crippen LogP contribution in [0.3, 0.4) is 0 Å². The van der Waals surface area contributed by atoms with Gasteiger partial charge in [0, 0.05) is 41.5 Å². The number of Topliss-reactive ketones (excluding diaryl/α,β-unsaturated/α-hetero) is 1. The molecule has 0 N–H and O–H groups in total. The monoisotopic (exact) mass is 447 g/mol. The Balaban J connectivity index is 1.36. The fourth-order valence-corrected chi connectivity index (χ4v) is 4.20. The van der Waals surface area contributed by atoms with Gasteiger partial charge in [-0.2, -0.15) is 0 Å². The van der Waals surface area contributed by atoms with E-state index >= 15 is 0 Å². The topological polar surface area (TPSA) is 64.8 Å². The SMILES string of the molecule is Cc1cnc(CCCc2ccccc2)c(=O)n1CC(=O)CCc1cnc2c(c1)C(Cl)=CC2. The highest BCUT2D eigenvalue weighted by Gasteiger charge is 2.15. The van der Waals surface area contributed by atoms with Gasteiger partial charge in [-0.25, -0.2) is 0 Å². The number of pyridine rings is 1. The van der Waals surface area contributed by atoms with Crippen LogP contribution in [0.25, 0.3) is 5.03 Å². The van der Waals surface area contributed by atoms with Gasteiger partial charge in [-0.1, -0.05) is 48.0 Å². The molecule has 3 aromatic rings. The molecule has 0 atom stereocenters. The maximum absolute atomic E-state index is 12.9. The molecular formula is C26H26ClN3O2. The van der Waals surface area contributed by atoms with Gasteiger partial charge in [0.25, 0.3) is 5.56 Å². The Morgan fingerprint density at radius 2 is 1.88 bits per heavy atom. The number of allylic oxidation sites excluding steroid dienone is 1. The molecule has 1 aliphatic rings. The zero-order valence-electron chi connectivity index (χ0n) is 18.2. The van der Waals surface area contributed by atoms with E-state index in [1.54, 1.807) is 10.8 Å². The van der Waals surface area contributed by atoms with Crippen LogP contribution in [0.15, 0.2) is 59.7 Å². The number of carbonyl (C=O) groups excluding carboxylic acids is 1. The third kappa shape index (κ3) is 5.22. The van der Waals surface area contributed by atoms with Crippen LogP contribution in [0.2, 0.25) is 0 Å². The normalized spacial score (nSPS) is 12.5. The maximum Gasteiger partial charge on any atom is 0.272 e. The quantitative estimate of drug-likeness (QED) is 0.485. The summed E-state index contributed by atoms with van der Waals surface area (Å²) in [5, 5.41) is 0.722. The first-order valence-electron chi connectivity index (χ1n) is 11.0. The summed E-state index contributed by atoms with van der Waals surface area (Å²) < 4.78 is 1.55. The lowest BCUT2D eigenvalue weighted by atomic mass is 10.1. The summed E-state index contributed by atoms with van der Waals surface area (Å²) in [6.07, 6.45) is 9.45. The first-order chi connectivity index (χ1) is 15.5. The summed E-state index contributed by atoms with van der Waals surface area (Å²) >= 11 is 6.22. The highest BCUT2D eigenvalue weighted by molar-refractivity contribution is 6.49. The molecule has 0 saturated heterocycles. The Kier molecular flexibility index (Phi) is 6.96. The zero-order valence-corrected chi connectivity index (χ0v) is 18.9. The van der Waals surface area contributed by atoms with Crippen molar-refractivity contribution in [1.82, 2.24) is 14.5 Å². The number of aromatic nitrogens is 3. The summed E-state index contributed by atoms with van der Waals surface area (Å²) in [6, 6.07) is 12.2. The van der Waals surface area contributed by atoms with Gasteiger partial charge in [0.1, 0.15) is 5.69 Å². The van der Waals surface area contributed by atoms with Crippen LogP contribution < -0.4 is 5.56 Å². The number of carbonyl (C=O) groups is 1. The molecule has 0 spiro atoms. The van der Waals surface area contributed by atoms with Gasteiger partial charge in [-0.15, -0.1) is 0 Å². The average Bonchev–Trinajstić information content (AvgIpc) is 3.17. The van der Waals surface area contributed by atoms with Gasteiger partial charge >= 0.3 is 0 Å². The molecule has 0 bridgehead atoms. The van der Waals surface area contributed by atoms with E-state index in [2.05, 4.69) is 22.1 Å². The van der Waals surface area contributed by atoms with E-state index in [-0.39, 0.29) is 17.9 Å². The van der Waals surface area contributed by atoms with E-state index in [9.17, 15) is 9.59 Å². The number of fused-ring (bicyclic) bond motifs is 1. The van der Waals surface area contributed by atoms with Crippen LogP contribution in [-0.4, -0.2) is 20.3 Å². The van der Waals surface area contributed by atoms with Crippen LogP contribution in [0.1, 0.15) is 46.6 Å². The summed E-state index contributed by atoms with van der Waals surface area (Å²) in [7, 11) is 0. The lowest BCUT2D eigenvalue weighted by molar-refractivity contribution is -0.119. The van der Waals surface area contributed by atoms with Crippen LogP contribution in [0, 0.1) is 6.92 Å². The molecule has 0 saturated carbocycles. The third-order valence-electron chi connectivity index (χ3n) is 5.83. The van der Waals surface area contributed by atoms with Crippen molar-refractivity contribution in [2.75, 3.05) is 0 Å². The lowest BCUT2D eigenvalue weighted by Gasteiger charge is -2.11. The molecule has 0 fully saturated rings. The number of aryl methyl sites for hydroxylation is 4. The van der Waals surface area contributed by atoms with Crippen molar-refractivity contribution in [3.8, 4) is 0 Å². The van der Waals surface area contributed by atoms with E-state index in [0.717, 1.165) is 41.1 Å². The van der Waals surface area contributed by atoms with E-state index in [0.29, 0.717) is 30.7 Å². The van der Waals surface area contributed by atoms with Gasteiger partial charge in [-0.05, 0) is 49.8 Å². The van der Waals surface area contributed by atoms with Crippen molar-refractivity contribution < 1.29 is 4.79 Å². The Morgan fingerprint density at radius 3 is 2.69 bits per heavy atom. The Morgan fingerprint density at radius 1 is 1.06 bits per heavy atom. The van der Waals surface area contributed by atoms with Crippen LogP contribution >= 0.6 is 11.6 Å². The van der Waals surface area contributed by atoms with Crippen LogP contribution in [-0.2, 0) is 37.0 Å². The Labute approximate surface area is 192 Å². The van der Waals surface area contributed by atoms with Crippen LogP contribution in [0.5, 0.6) is 0 Å². The van der Waals surface area contributed by atoms with Gasteiger partial charge < -0.3 is 4.57 Å². The largest absolute Gasteiger partial charge is 0.302 e. The standard InChI is InChI=1S/C26H26ClN3O2/c1-18-15-28-25(9-5-8-19-6-3-2-4-7-19)26(32)30(18)17-21(31)11-10-20-14-22-23(27)12-13-24(22)29-16-20/h2-4,6-7,12,14-16H,5,8-11,13,17H2,1H3. The van der Waals surface area contributed by atoms with Gasteiger partial charge in [0.2, 0.25) is 0 Å². The second-order valence-electron chi connectivity index (χ2n) is 8.21. The average molecular weight is 448 g/mol. The predicted molar refractivity (Wildman–Crippen MR) is 127 cm³/mol. The molecule has 164 valence electrons. The van der Waals surface area contributed by atoms with E-state index in [1.165, 1.54) is 5.56 Å². The number of ketones is 1. The number of rotatable bonds is 9. The second kappa shape index (κ2) is 10.0. The molecule has 0 amide bonds. The van der Waals surface area contributed by atoms with Gasteiger partial charge in [0.05, 0.1) is 12.2 Å². The minimum absolute atomic E-state index is 0.0128. The highest BCUT2D eigenvalue weighted by atomic mass is 35.5. The van der Waals surface area contributed by atoms with E-state index in [4.69, 9.17) is 11.6 Å². The Hall–Kier alpha value is -3.05. The molecule has 5 nitrogen and oxygen atoms in total. The number of halogens is 1. The minimum Gasteiger partial charge on any atom is -0.302 e. The predicted octanol–water partition coefficient (Wildman–Crippen LogP) is 4.46. The molecule has 0 aliphatic heterocycles. The fourth-order valence-electron chi connectivity index (χ4n) is 3.96. The van der Waals surface area contributed by atoms with Crippen molar-refractivity contribution in [3.63, 3.8) is 0 Å².